The second-order valence-corrected chi connectivity index (χ2v) is 8.66. The highest BCUT2D eigenvalue weighted by Gasteiger charge is 2.27. The number of unbranched alkanes of at least 4 members (excludes halogenated alkanes) is 2. The number of nitrogens with two attached hydrogens (primary N) is 4. The molecule has 2 rings (SSSR count). The highest BCUT2D eigenvalue weighted by atomic mass is 19.4. The smallest absolute Gasteiger partial charge is 0.370 e. The summed E-state index contributed by atoms with van der Waals surface area (Å²) in [6.45, 7) is -1.57. The van der Waals surface area contributed by atoms with Crippen molar-refractivity contribution in [1.29, 1.82) is 0 Å². The minimum absolute atomic E-state index is 0.299. The summed E-state index contributed by atoms with van der Waals surface area (Å²) >= 11 is 0. The van der Waals surface area contributed by atoms with Crippen LogP contribution in [0.2, 0.25) is 0 Å². The molecule has 0 aliphatic carbocycles. The van der Waals surface area contributed by atoms with E-state index in [-0.39, 0.29) is 23.7 Å². The Morgan fingerprint density at radius 3 is 1.36 bits per heavy atom. The van der Waals surface area contributed by atoms with E-state index in [1.165, 1.54) is 0 Å². The van der Waals surface area contributed by atoms with Crippen molar-refractivity contribution in [1.82, 2.24) is 19.6 Å². The quantitative estimate of drug-likeness (QED) is 0.0795. The number of aryl methyl sites for hydroxylation is 2. The van der Waals surface area contributed by atoms with E-state index in [0.29, 0.717) is 63.3 Å². The molecule has 42 heavy (non-hydrogen) atoms. The van der Waals surface area contributed by atoms with Crippen LogP contribution in [0.3, 0.4) is 0 Å². The molecule has 0 aromatic carbocycles. The number of aromatic nitrogens is 4. The summed E-state index contributed by atoms with van der Waals surface area (Å²) in [5, 5.41) is 13.0. The summed E-state index contributed by atoms with van der Waals surface area (Å²) in [5.74, 6) is -0.822. The number of hydrogen-bond acceptors (Lipinski definition) is 6. The largest absolute Gasteiger partial charge is 0.408 e. The van der Waals surface area contributed by atoms with Crippen molar-refractivity contribution in [3.8, 4) is 0 Å². The van der Waals surface area contributed by atoms with Crippen LogP contribution < -0.4 is 33.6 Å². The number of anilines is 2. The average Bonchev–Trinajstić information content (AvgIpc) is 3.50. The van der Waals surface area contributed by atoms with Crippen LogP contribution >= 0.6 is 0 Å². The minimum atomic E-state index is -4.40. The maximum Gasteiger partial charge on any atom is 0.408 e. The van der Waals surface area contributed by atoms with Crippen LogP contribution in [-0.2, 0) is 22.7 Å². The number of alkyl halides is 6. The lowest BCUT2D eigenvalue weighted by molar-refractivity contribution is -0.119. The fraction of sp³-hybridized carbons (Fsp3) is 0.545. The molecule has 2 aromatic rings. The zero-order valence-electron chi connectivity index (χ0n) is 22.5. The summed E-state index contributed by atoms with van der Waals surface area (Å²) in [5.41, 5.74) is 20.7. The van der Waals surface area contributed by atoms with Crippen LogP contribution in [0.15, 0.2) is 34.5 Å². The van der Waals surface area contributed by atoms with E-state index in [2.05, 4.69) is 30.8 Å². The summed E-state index contributed by atoms with van der Waals surface area (Å²) in [7, 11) is 0. The Balaban J connectivity index is 0.000000420. The molecule has 0 spiro atoms. The molecule has 0 bridgehead atoms. The van der Waals surface area contributed by atoms with E-state index < -0.39 is 25.4 Å². The first-order valence-electron chi connectivity index (χ1n) is 12.4. The third-order valence-electron chi connectivity index (χ3n) is 4.77. The third kappa shape index (κ3) is 18.7. The predicted octanol–water partition coefficient (Wildman–Crippen LogP) is 1.66. The van der Waals surface area contributed by atoms with Gasteiger partial charge in [-0.05, 0) is 25.7 Å². The topological polar surface area (TPSA) is 223 Å². The van der Waals surface area contributed by atoms with Gasteiger partial charge in [0.15, 0.2) is 23.6 Å². The van der Waals surface area contributed by atoms with Gasteiger partial charge in [-0.25, -0.2) is 9.98 Å². The van der Waals surface area contributed by atoms with Crippen molar-refractivity contribution in [2.24, 2.45) is 32.9 Å². The Kier molecular flexibility index (Phi) is 14.6. The van der Waals surface area contributed by atoms with E-state index in [0.717, 1.165) is 0 Å². The van der Waals surface area contributed by atoms with Gasteiger partial charge in [-0.2, -0.15) is 36.5 Å². The number of hydrogen-bond donors (Lipinski definition) is 6. The molecular weight excluding hydrogens is 578 g/mol. The van der Waals surface area contributed by atoms with Crippen molar-refractivity contribution < 1.29 is 35.9 Å². The molecule has 0 saturated carbocycles. The van der Waals surface area contributed by atoms with Gasteiger partial charge in [-0.15, -0.1) is 0 Å². The second-order valence-electron chi connectivity index (χ2n) is 8.66. The maximum atomic E-state index is 11.9. The zero-order chi connectivity index (χ0) is 31.8. The van der Waals surface area contributed by atoms with E-state index in [1.54, 1.807) is 33.9 Å². The molecular formula is C22H34F6N12O2. The highest BCUT2D eigenvalue weighted by molar-refractivity contribution is 5.91. The predicted molar refractivity (Wildman–Crippen MR) is 143 cm³/mol. The first kappa shape index (κ1) is 35.5. The Labute approximate surface area is 236 Å². The maximum absolute atomic E-state index is 11.9. The lowest BCUT2D eigenvalue weighted by atomic mass is 10.2. The molecule has 0 saturated heterocycles. The molecule has 2 aromatic heterocycles. The van der Waals surface area contributed by atoms with Gasteiger partial charge in [-0.1, -0.05) is 0 Å². The van der Waals surface area contributed by atoms with Crippen LogP contribution in [-0.4, -0.2) is 68.7 Å². The molecule has 0 radical (unpaired) electrons. The van der Waals surface area contributed by atoms with E-state index in [4.69, 9.17) is 22.9 Å². The number of nitrogens with zero attached hydrogens (tertiary/aromatic N) is 6. The van der Waals surface area contributed by atoms with E-state index in [1.807, 2.05) is 0 Å². The van der Waals surface area contributed by atoms with Gasteiger partial charge in [0, 0.05) is 50.5 Å². The molecule has 0 fully saturated rings. The van der Waals surface area contributed by atoms with Gasteiger partial charge in [0.2, 0.25) is 11.8 Å². The van der Waals surface area contributed by atoms with Crippen LogP contribution in [0.1, 0.15) is 38.5 Å². The average molecular weight is 613 g/mol. The van der Waals surface area contributed by atoms with Gasteiger partial charge in [0.05, 0.1) is 0 Å². The zero-order valence-corrected chi connectivity index (χ0v) is 22.5. The summed E-state index contributed by atoms with van der Waals surface area (Å²) in [4.78, 5) is 27.4. The summed E-state index contributed by atoms with van der Waals surface area (Å²) in [6, 6.07) is 3.12. The number of amides is 2. The lowest BCUT2D eigenvalue weighted by Gasteiger charge is -2.04. The number of primary amides is 2. The Bertz CT molecular complexity index is 1080. The number of carbonyl (C=O) groups excluding carboxylic acids is 2. The number of guanidine groups is 2. The van der Waals surface area contributed by atoms with Gasteiger partial charge in [-0.3, -0.25) is 19.0 Å². The molecule has 0 unspecified atom stereocenters. The molecule has 0 aliphatic rings. The van der Waals surface area contributed by atoms with Crippen LogP contribution in [0.5, 0.6) is 0 Å². The molecule has 20 heteroatoms. The van der Waals surface area contributed by atoms with Crippen molar-refractivity contribution in [2.75, 3.05) is 23.7 Å². The first-order chi connectivity index (χ1) is 19.5. The highest BCUT2D eigenvalue weighted by Crippen LogP contribution is 2.15. The Morgan fingerprint density at radius 1 is 0.690 bits per heavy atom. The number of carbonyl (C=O) groups is 2. The monoisotopic (exact) mass is 612 g/mol. The SMILES string of the molecule is NC(=O)CCCCn1ccc(NC(N)=NCC(F)(F)F)n1.NC(=O)CCCCn1ccc(NC(N)=NCC(F)(F)F)n1. The van der Waals surface area contributed by atoms with Crippen molar-refractivity contribution in [3.63, 3.8) is 0 Å². The number of rotatable bonds is 14. The standard InChI is InChI=1S/2C11H17F3N6O/c2*12-11(13,14)7-17-10(16)18-9-4-6-20(19-9)5-2-1-3-8(15)21/h2*4,6H,1-3,5,7H2,(H2,15,21)(H3,16,17,18,19). The van der Waals surface area contributed by atoms with Gasteiger partial charge < -0.3 is 33.6 Å². The van der Waals surface area contributed by atoms with E-state index in [9.17, 15) is 35.9 Å². The molecule has 10 N–H and O–H groups in total. The third-order valence-corrected chi connectivity index (χ3v) is 4.77. The van der Waals surface area contributed by atoms with Crippen LogP contribution in [0, 0.1) is 0 Å². The molecule has 14 nitrogen and oxygen atoms in total. The van der Waals surface area contributed by atoms with Crippen molar-refractivity contribution in [3.05, 3.63) is 24.5 Å². The number of aliphatic imine (C=N–C) groups is 2. The first-order valence-corrected chi connectivity index (χ1v) is 12.4. The van der Waals surface area contributed by atoms with Crippen molar-refractivity contribution >= 4 is 35.4 Å². The molecule has 236 valence electrons. The molecule has 0 atom stereocenters. The lowest BCUT2D eigenvalue weighted by Crippen LogP contribution is -2.25. The fourth-order valence-electron chi connectivity index (χ4n) is 2.94. The minimum Gasteiger partial charge on any atom is -0.370 e. The normalized spacial score (nSPS) is 12.4. The van der Waals surface area contributed by atoms with Crippen molar-refractivity contribution in [2.45, 2.75) is 64.0 Å². The van der Waals surface area contributed by atoms with Crippen LogP contribution in [0.4, 0.5) is 38.0 Å². The second kappa shape index (κ2) is 17.3. The van der Waals surface area contributed by atoms with Gasteiger partial charge >= 0.3 is 12.4 Å². The molecule has 2 amide bonds. The number of nitrogens with one attached hydrogen (secondary N) is 2. The van der Waals surface area contributed by atoms with Gasteiger partial charge in [0.1, 0.15) is 13.1 Å². The van der Waals surface area contributed by atoms with Gasteiger partial charge in [0.25, 0.3) is 0 Å². The fourth-order valence-corrected chi connectivity index (χ4v) is 2.94. The summed E-state index contributed by atoms with van der Waals surface area (Å²) in [6.07, 6.45) is -2.18. The summed E-state index contributed by atoms with van der Waals surface area (Å²) < 4.78 is 74.8. The van der Waals surface area contributed by atoms with E-state index >= 15 is 0 Å². The Morgan fingerprint density at radius 2 is 1.05 bits per heavy atom. The number of halogens is 6. The Hall–Kier alpha value is -4.52. The molecule has 2 heterocycles. The van der Waals surface area contributed by atoms with Crippen LogP contribution in [0.25, 0.3) is 0 Å². The molecule has 0 aliphatic heterocycles.